The second-order valence-corrected chi connectivity index (χ2v) is 4.59. The molecular weight excluding hydrogens is 186 g/mol. The van der Waals surface area contributed by atoms with E-state index in [9.17, 15) is 4.79 Å². The average Bonchev–Trinajstić information content (AvgIpc) is 2.17. The molecule has 1 aliphatic heterocycles. The number of nitrogens with zero attached hydrogens (tertiary/aromatic N) is 1. The normalized spacial score (nSPS) is 26.5. The number of rotatable bonds is 4. The summed E-state index contributed by atoms with van der Waals surface area (Å²) in [6.45, 7) is 12.5. The van der Waals surface area contributed by atoms with Gasteiger partial charge in [0.15, 0.2) is 0 Å². The molecule has 2 nitrogen and oxygen atoms in total. The van der Waals surface area contributed by atoms with E-state index in [0.717, 1.165) is 18.4 Å². The Morgan fingerprint density at radius 2 is 2.33 bits per heavy atom. The zero-order valence-electron chi connectivity index (χ0n) is 9.83. The van der Waals surface area contributed by atoms with Crippen molar-refractivity contribution in [2.24, 2.45) is 5.92 Å². The number of hydrogen-bond acceptors (Lipinski definition) is 1. The predicted octanol–water partition coefficient (Wildman–Crippen LogP) is 2.77. The van der Waals surface area contributed by atoms with Crippen LogP contribution in [0.2, 0.25) is 0 Å². The Labute approximate surface area is 92.7 Å². The molecule has 0 unspecified atom stereocenters. The van der Waals surface area contributed by atoms with Gasteiger partial charge in [0.2, 0.25) is 5.91 Å². The van der Waals surface area contributed by atoms with Crippen LogP contribution in [-0.2, 0) is 4.79 Å². The van der Waals surface area contributed by atoms with Gasteiger partial charge in [0, 0.05) is 19.0 Å². The van der Waals surface area contributed by atoms with Crippen molar-refractivity contribution in [3.8, 4) is 0 Å². The number of amides is 1. The summed E-state index contributed by atoms with van der Waals surface area (Å²) < 4.78 is 0. The molecule has 0 radical (unpaired) electrons. The van der Waals surface area contributed by atoms with E-state index in [1.807, 2.05) is 17.9 Å². The molecule has 15 heavy (non-hydrogen) atoms. The van der Waals surface area contributed by atoms with E-state index in [2.05, 4.69) is 20.1 Å². The second kappa shape index (κ2) is 5.15. The lowest BCUT2D eigenvalue weighted by molar-refractivity contribution is -0.137. The molecule has 0 aromatic carbocycles. The van der Waals surface area contributed by atoms with Gasteiger partial charge < -0.3 is 4.90 Å². The minimum atomic E-state index is 0.267. The van der Waals surface area contributed by atoms with Crippen LogP contribution in [0.25, 0.3) is 0 Å². The van der Waals surface area contributed by atoms with Crippen LogP contribution < -0.4 is 0 Å². The third kappa shape index (κ3) is 2.95. The van der Waals surface area contributed by atoms with Gasteiger partial charge in [-0.25, -0.2) is 0 Å². The lowest BCUT2D eigenvalue weighted by Gasteiger charge is -2.39. The highest BCUT2D eigenvalue weighted by atomic mass is 16.2. The van der Waals surface area contributed by atoms with Gasteiger partial charge in [-0.1, -0.05) is 25.2 Å². The Hall–Kier alpha value is -1.05. The van der Waals surface area contributed by atoms with Crippen molar-refractivity contribution in [2.75, 3.05) is 6.54 Å². The first-order valence-electron chi connectivity index (χ1n) is 5.61. The van der Waals surface area contributed by atoms with Crippen LogP contribution in [-0.4, -0.2) is 23.4 Å². The molecule has 1 heterocycles. The van der Waals surface area contributed by atoms with Crippen molar-refractivity contribution in [3.05, 3.63) is 24.8 Å². The molecule has 1 saturated heterocycles. The maximum absolute atomic E-state index is 11.8. The molecular formula is C13H21NO. The van der Waals surface area contributed by atoms with E-state index < -0.39 is 0 Å². The first kappa shape index (κ1) is 12.0. The summed E-state index contributed by atoms with van der Waals surface area (Å²) in [6, 6.07) is 0.320. The summed E-state index contributed by atoms with van der Waals surface area (Å²) in [6.07, 6.45) is 4.48. The van der Waals surface area contributed by atoms with Crippen LogP contribution in [0.1, 0.15) is 33.1 Å². The number of likely N-dealkylation sites (tertiary alicyclic amines) is 1. The number of hydrogen-bond donors (Lipinski definition) is 0. The number of carbonyl (C=O) groups is 1. The first-order valence-corrected chi connectivity index (χ1v) is 5.61. The standard InChI is InChI=1S/C13H21NO/c1-5-6-12-11(4)7-8-13(15)14(12)9-10(2)3/h5,11-12H,1-2,6-9H2,3-4H3/t11-,12+/m1/s1. The largest absolute Gasteiger partial charge is 0.335 e. The summed E-state index contributed by atoms with van der Waals surface area (Å²) in [5.74, 6) is 0.836. The average molecular weight is 207 g/mol. The topological polar surface area (TPSA) is 20.3 Å². The predicted molar refractivity (Wildman–Crippen MR) is 63.5 cm³/mol. The zero-order chi connectivity index (χ0) is 11.4. The maximum atomic E-state index is 11.8. The molecule has 0 aromatic rings. The zero-order valence-corrected chi connectivity index (χ0v) is 9.83. The first-order chi connectivity index (χ1) is 7.06. The lowest BCUT2D eigenvalue weighted by Crippen LogP contribution is -2.48. The quantitative estimate of drug-likeness (QED) is 0.649. The van der Waals surface area contributed by atoms with E-state index in [4.69, 9.17) is 0 Å². The second-order valence-electron chi connectivity index (χ2n) is 4.59. The molecule has 0 N–H and O–H groups in total. The fourth-order valence-electron chi connectivity index (χ4n) is 2.21. The minimum absolute atomic E-state index is 0.267. The monoisotopic (exact) mass is 207 g/mol. The van der Waals surface area contributed by atoms with E-state index in [-0.39, 0.29) is 5.91 Å². The van der Waals surface area contributed by atoms with Gasteiger partial charge in [-0.3, -0.25) is 4.79 Å². The van der Waals surface area contributed by atoms with Crippen molar-refractivity contribution < 1.29 is 4.79 Å². The van der Waals surface area contributed by atoms with Crippen molar-refractivity contribution in [3.63, 3.8) is 0 Å². The molecule has 0 aromatic heterocycles. The Morgan fingerprint density at radius 1 is 1.67 bits per heavy atom. The smallest absolute Gasteiger partial charge is 0.223 e. The van der Waals surface area contributed by atoms with Crippen molar-refractivity contribution in [1.29, 1.82) is 0 Å². The molecule has 0 bridgehead atoms. The fourth-order valence-corrected chi connectivity index (χ4v) is 2.21. The third-order valence-corrected chi connectivity index (χ3v) is 3.04. The number of piperidine rings is 1. The Morgan fingerprint density at radius 3 is 2.87 bits per heavy atom. The van der Waals surface area contributed by atoms with Gasteiger partial charge in [0.25, 0.3) is 0 Å². The van der Waals surface area contributed by atoms with Crippen LogP contribution in [0.3, 0.4) is 0 Å². The molecule has 2 atom stereocenters. The Balaban J connectivity index is 2.77. The van der Waals surface area contributed by atoms with Crippen molar-refractivity contribution >= 4 is 5.91 Å². The van der Waals surface area contributed by atoms with E-state index >= 15 is 0 Å². The molecule has 1 aliphatic rings. The SMILES string of the molecule is C=CC[C@H]1[C@H](C)CCC(=O)N1CC(=C)C. The van der Waals surface area contributed by atoms with Crippen molar-refractivity contribution in [1.82, 2.24) is 4.90 Å². The van der Waals surface area contributed by atoms with Crippen molar-refractivity contribution in [2.45, 2.75) is 39.2 Å². The Bertz CT molecular complexity index is 270. The summed E-state index contributed by atoms with van der Waals surface area (Å²) in [5.41, 5.74) is 1.05. The van der Waals surface area contributed by atoms with Gasteiger partial charge in [-0.2, -0.15) is 0 Å². The summed E-state index contributed by atoms with van der Waals surface area (Å²) in [4.78, 5) is 13.8. The van der Waals surface area contributed by atoms with Gasteiger partial charge >= 0.3 is 0 Å². The van der Waals surface area contributed by atoms with Crippen LogP contribution in [0.4, 0.5) is 0 Å². The molecule has 1 rings (SSSR count). The fraction of sp³-hybridized carbons (Fsp3) is 0.615. The molecule has 1 fully saturated rings. The highest BCUT2D eigenvalue weighted by Gasteiger charge is 2.31. The molecule has 84 valence electrons. The molecule has 0 saturated carbocycles. The summed E-state index contributed by atoms with van der Waals surface area (Å²) >= 11 is 0. The number of carbonyl (C=O) groups excluding carboxylic acids is 1. The summed E-state index contributed by atoms with van der Waals surface area (Å²) in [5, 5.41) is 0. The van der Waals surface area contributed by atoms with Crippen LogP contribution in [0, 0.1) is 5.92 Å². The van der Waals surface area contributed by atoms with Gasteiger partial charge in [-0.05, 0) is 25.7 Å². The molecule has 0 aliphatic carbocycles. The van der Waals surface area contributed by atoms with E-state index in [1.165, 1.54) is 0 Å². The summed E-state index contributed by atoms with van der Waals surface area (Å²) in [7, 11) is 0. The van der Waals surface area contributed by atoms with Crippen LogP contribution in [0.15, 0.2) is 24.8 Å². The molecule has 2 heteroatoms. The van der Waals surface area contributed by atoms with E-state index in [0.29, 0.717) is 24.9 Å². The maximum Gasteiger partial charge on any atom is 0.223 e. The third-order valence-electron chi connectivity index (χ3n) is 3.04. The van der Waals surface area contributed by atoms with Gasteiger partial charge in [0.05, 0.1) is 0 Å². The van der Waals surface area contributed by atoms with Crippen LogP contribution in [0.5, 0.6) is 0 Å². The minimum Gasteiger partial charge on any atom is -0.335 e. The lowest BCUT2D eigenvalue weighted by atomic mass is 9.88. The van der Waals surface area contributed by atoms with Gasteiger partial charge in [-0.15, -0.1) is 6.58 Å². The molecule has 0 spiro atoms. The van der Waals surface area contributed by atoms with Gasteiger partial charge in [0.1, 0.15) is 0 Å². The Kier molecular flexibility index (Phi) is 4.13. The van der Waals surface area contributed by atoms with E-state index in [1.54, 1.807) is 0 Å². The molecule has 1 amide bonds. The highest BCUT2D eigenvalue weighted by molar-refractivity contribution is 5.77. The highest BCUT2D eigenvalue weighted by Crippen LogP contribution is 2.27. The van der Waals surface area contributed by atoms with Crippen LogP contribution >= 0.6 is 0 Å².